The topological polar surface area (TPSA) is 37.4 Å². The number of rotatable bonds is 6. The number of hydrogen-bond donors (Lipinski definition) is 0. The zero-order chi connectivity index (χ0) is 10.5. The van der Waals surface area contributed by atoms with Gasteiger partial charge in [-0.25, -0.2) is 12.7 Å². The van der Waals surface area contributed by atoms with Gasteiger partial charge in [0, 0.05) is 13.6 Å². The van der Waals surface area contributed by atoms with Gasteiger partial charge < -0.3 is 0 Å². The fraction of sp³-hybridized carbons (Fsp3) is 1.00. The standard InChI is InChI=1S/C9H21NO2S/c1-5-9(2)7-6-8-10(3)13(4,11)12/h9H,5-8H2,1-4H3. The zero-order valence-electron chi connectivity index (χ0n) is 9.08. The van der Waals surface area contributed by atoms with E-state index in [2.05, 4.69) is 13.8 Å². The molecule has 0 saturated heterocycles. The second-order valence-corrected chi connectivity index (χ2v) is 5.83. The summed E-state index contributed by atoms with van der Waals surface area (Å²) in [5.41, 5.74) is 0. The highest BCUT2D eigenvalue weighted by Gasteiger charge is 2.10. The fourth-order valence-electron chi connectivity index (χ4n) is 1.03. The van der Waals surface area contributed by atoms with Crippen LogP contribution in [0.1, 0.15) is 33.1 Å². The molecule has 0 radical (unpaired) electrons. The van der Waals surface area contributed by atoms with Crippen molar-refractivity contribution < 1.29 is 8.42 Å². The van der Waals surface area contributed by atoms with E-state index in [0.717, 1.165) is 12.8 Å². The van der Waals surface area contributed by atoms with Crippen molar-refractivity contribution in [3.8, 4) is 0 Å². The third-order valence-corrected chi connectivity index (χ3v) is 3.75. The van der Waals surface area contributed by atoms with Crippen LogP contribution in [0.15, 0.2) is 0 Å². The lowest BCUT2D eigenvalue weighted by Crippen LogP contribution is -2.26. The minimum absolute atomic E-state index is 0.642. The van der Waals surface area contributed by atoms with Crippen molar-refractivity contribution in [1.82, 2.24) is 4.31 Å². The first-order valence-corrected chi connectivity index (χ1v) is 6.64. The Morgan fingerprint density at radius 3 is 2.31 bits per heavy atom. The summed E-state index contributed by atoms with van der Waals surface area (Å²) in [5, 5.41) is 0. The summed E-state index contributed by atoms with van der Waals surface area (Å²) in [5.74, 6) is 0.702. The normalized spacial score (nSPS) is 14.8. The molecule has 0 aromatic heterocycles. The van der Waals surface area contributed by atoms with E-state index in [-0.39, 0.29) is 0 Å². The summed E-state index contributed by atoms with van der Waals surface area (Å²) >= 11 is 0. The Bertz CT molecular complexity index is 224. The van der Waals surface area contributed by atoms with Crippen molar-refractivity contribution >= 4 is 10.0 Å². The predicted molar refractivity (Wildman–Crippen MR) is 56.2 cm³/mol. The van der Waals surface area contributed by atoms with Crippen LogP contribution >= 0.6 is 0 Å². The van der Waals surface area contributed by atoms with Gasteiger partial charge in [-0.2, -0.15) is 0 Å². The Labute approximate surface area is 82.2 Å². The number of hydrogen-bond acceptors (Lipinski definition) is 2. The quantitative estimate of drug-likeness (QED) is 0.665. The Kier molecular flexibility index (Phi) is 5.56. The first kappa shape index (κ1) is 12.9. The average Bonchev–Trinajstić information content (AvgIpc) is 2.02. The minimum Gasteiger partial charge on any atom is -0.213 e. The highest BCUT2D eigenvalue weighted by atomic mass is 32.2. The maximum atomic E-state index is 11.0. The van der Waals surface area contributed by atoms with Crippen LogP contribution in [0.2, 0.25) is 0 Å². The van der Waals surface area contributed by atoms with Gasteiger partial charge in [-0.05, 0) is 18.8 Å². The molecular formula is C9H21NO2S. The molecule has 0 heterocycles. The van der Waals surface area contributed by atoms with E-state index in [4.69, 9.17) is 0 Å². The van der Waals surface area contributed by atoms with Gasteiger partial charge in [0.15, 0.2) is 0 Å². The van der Waals surface area contributed by atoms with E-state index in [9.17, 15) is 8.42 Å². The molecule has 0 rings (SSSR count). The van der Waals surface area contributed by atoms with E-state index >= 15 is 0 Å². The van der Waals surface area contributed by atoms with Crippen LogP contribution in [0.4, 0.5) is 0 Å². The van der Waals surface area contributed by atoms with Crippen LogP contribution in [0.3, 0.4) is 0 Å². The SMILES string of the molecule is CCC(C)CCCN(C)S(C)(=O)=O. The largest absolute Gasteiger partial charge is 0.213 e. The first-order chi connectivity index (χ1) is 5.88. The lowest BCUT2D eigenvalue weighted by atomic mass is 10.0. The number of nitrogens with zero attached hydrogens (tertiary/aromatic N) is 1. The zero-order valence-corrected chi connectivity index (χ0v) is 9.89. The van der Waals surface area contributed by atoms with Crippen LogP contribution in [0.25, 0.3) is 0 Å². The Hall–Kier alpha value is -0.0900. The molecule has 0 bridgehead atoms. The molecule has 0 aromatic rings. The Morgan fingerprint density at radius 1 is 1.38 bits per heavy atom. The third kappa shape index (κ3) is 6.05. The van der Waals surface area contributed by atoms with Gasteiger partial charge in [-0.1, -0.05) is 20.3 Å². The van der Waals surface area contributed by atoms with Gasteiger partial charge in [0.1, 0.15) is 0 Å². The van der Waals surface area contributed by atoms with Crippen molar-refractivity contribution in [2.45, 2.75) is 33.1 Å². The number of sulfonamides is 1. The van der Waals surface area contributed by atoms with Crippen LogP contribution < -0.4 is 0 Å². The molecule has 0 amide bonds. The molecule has 0 N–H and O–H groups in total. The van der Waals surface area contributed by atoms with Crippen LogP contribution in [-0.2, 0) is 10.0 Å². The maximum absolute atomic E-state index is 11.0. The highest BCUT2D eigenvalue weighted by molar-refractivity contribution is 7.88. The molecule has 0 saturated carbocycles. The van der Waals surface area contributed by atoms with Crippen LogP contribution in [0, 0.1) is 5.92 Å². The molecule has 0 fully saturated rings. The van der Waals surface area contributed by atoms with Gasteiger partial charge in [-0.3, -0.25) is 0 Å². The average molecular weight is 207 g/mol. The van der Waals surface area contributed by atoms with Crippen molar-refractivity contribution in [1.29, 1.82) is 0 Å². The third-order valence-electron chi connectivity index (χ3n) is 2.43. The summed E-state index contributed by atoms with van der Waals surface area (Å²) in [6, 6.07) is 0. The van der Waals surface area contributed by atoms with Gasteiger partial charge >= 0.3 is 0 Å². The van der Waals surface area contributed by atoms with Crippen LogP contribution in [-0.4, -0.2) is 32.6 Å². The molecule has 3 nitrogen and oxygen atoms in total. The Balaban J connectivity index is 3.66. The summed E-state index contributed by atoms with van der Waals surface area (Å²) in [4.78, 5) is 0. The lowest BCUT2D eigenvalue weighted by molar-refractivity contribution is 0.422. The van der Waals surface area contributed by atoms with Gasteiger partial charge in [-0.15, -0.1) is 0 Å². The summed E-state index contributed by atoms with van der Waals surface area (Å²) in [6.07, 6.45) is 4.48. The summed E-state index contributed by atoms with van der Waals surface area (Å²) < 4.78 is 23.4. The van der Waals surface area contributed by atoms with Gasteiger partial charge in [0.25, 0.3) is 0 Å². The van der Waals surface area contributed by atoms with Crippen LogP contribution in [0.5, 0.6) is 0 Å². The molecule has 0 spiro atoms. The molecule has 0 aliphatic heterocycles. The van der Waals surface area contributed by atoms with E-state index in [1.54, 1.807) is 7.05 Å². The molecule has 0 aromatic carbocycles. The second-order valence-electron chi connectivity index (χ2n) is 3.74. The predicted octanol–water partition coefficient (Wildman–Crippen LogP) is 1.70. The van der Waals surface area contributed by atoms with Crippen molar-refractivity contribution in [3.63, 3.8) is 0 Å². The van der Waals surface area contributed by atoms with E-state index in [0.29, 0.717) is 12.5 Å². The van der Waals surface area contributed by atoms with Crippen molar-refractivity contribution in [2.75, 3.05) is 19.8 Å². The van der Waals surface area contributed by atoms with Gasteiger partial charge in [0.05, 0.1) is 6.26 Å². The molecule has 80 valence electrons. The molecule has 13 heavy (non-hydrogen) atoms. The summed E-state index contributed by atoms with van der Waals surface area (Å²) in [7, 11) is -1.34. The van der Waals surface area contributed by atoms with E-state index < -0.39 is 10.0 Å². The van der Waals surface area contributed by atoms with Crippen molar-refractivity contribution in [3.05, 3.63) is 0 Å². The lowest BCUT2D eigenvalue weighted by Gasteiger charge is -2.15. The molecular weight excluding hydrogens is 186 g/mol. The van der Waals surface area contributed by atoms with Gasteiger partial charge in [0.2, 0.25) is 10.0 Å². The molecule has 1 unspecified atom stereocenters. The Morgan fingerprint density at radius 2 is 1.92 bits per heavy atom. The summed E-state index contributed by atoms with van der Waals surface area (Å²) in [6.45, 7) is 4.99. The monoisotopic (exact) mass is 207 g/mol. The maximum Gasteiger partial charge on any atom is 0.210 e. The molecule has 0 aliphatic rings. The smallest absolute Gasteiger partial charge is 0.210 e. The minimum atomic E-state index is -2.97. The van der Waals surface area contributed by atoms with E-state index in [1.807, 2.05) is 0 Å². The fourth-order valence-corrected chi connectivity index (χ4v) is 1.49. The first-order valence-electron chi connectivity index (χ1n) is 4.79. The molecule has 4 heteroatoms. The van der Waals surface area contributed by atoms with Crippen molar-refractivity contribution in [2.24, 2.45) is 5.92 Å². The highest BCUT2D eigenvalue weighted by Crippen LogP contribution is 2.09. The second kappa shape index (κ2) is 5.60. The van der Waals surface area contributed by atoms with E-state index in [1.165, 1.54) is 17.0 Å². The molecule has 1 atom stereocenters. The molecule has 0 aliphatic carbocycles.